The van der Waals surface area contributed by atoms with Crippen LogP contribution in [-0.2, 0) is 6.42 Å². The van der Waals surface area contributed by atoms with Gasteiger partial charge in [-0.2, -0.15) is 0 Å². The van der Waals surface area contributed by atoms with Gasteiger partial charge in [0.2, 0.25) is 0 Å². The summed E-state index contributed by atoms with van der Waals surface area (Å²) >= 11 is 0. The first-order valence-electron chi connectivity index (χ1n) is 6.46. The molecule has 3 nitrogen and oxygen atoms in total. The van der Waals surface area contributed by atoms with Crippen molar-refractivity contribution >= 4 is 5.69 Å². The number of nitrogens with two attached hydrogens (primary N) is 1. The highest BCUT2D eigenvalue weighted by atomic mass is 16.5. The number of nitrogens with zero attached hydrogens (tertiary/aromatic N) is 1. The molecule has 1 aliphatic carbocycles. The zero-order chi connectivity index (χ0) is 12.7. The maximum absolute atomic E-state index is 5.93. The Kier molecular flexibility index (Phi) is 2.62. The lowest BCUT2D eigenvalue weighted by molar-refractivity contribution is 0.389. The zero-order valence-corrected chi connectivity index (χ0v) is 10.8. The van der Waals surface area contributed by atoms with Crippen LogP contribution in [0.15, 0.2) is 29.0 Å². The number of hydrogen-bond donors (Lipinski definition) is 1. The second kappa shape index (κ2) is 4.16. The molecule has 1 aromatic heterocycles. The number of rotatable bonds is 1. The van der Waals surface area contributed by atoms with Gasteiger partial charge in [-0.3, -0.25) is 0 Å². The molecule has 1 aliphatic rings. The lowest BCUT2D eigenvalue weighted by Gasteiger charge is -2.30. The van der Waals surface area contributed by atoms with Crippen LogP contribution in [0.2, 0.25) is 0 Å². The molecule has 3 heteroatoms. The van der Waals surface area contributed by atoms with E-state index in [4.69, 9.17) is 10.3 Å². The van der Waals surface area contributed by atoms with Crippen molar-refractivity contribution in [2.24, 2.45) is 0 Å². The van der Waals surface area contributed by atoms with Crippen LogP contribution in [0, 0.1) is 6.92 Å². The van der Waals surface area contributed by atoms with Crippen molar-refractivity contribution in [3.8, 4) is 0 Å². The van der Waals surface area contributed by atoms with Crippen molar-refractivity contribution in [1.29, 1.82) is 0 Å². The van der Waals surface area contributed by atoms with Crippen LogP contribution in [0.1, 0.15) is 47.6 Å². The summed E-state index contributed by atoms with van der Waals surface area (Å²) < 4.78 is 4.98. The summed E-state index contributed by atoms with van der Waals surface area (Å²) in [6.07, 6.45) is 3.72. The molecule has 2 unspecified atom stereocenters. The molecule has 0 radical (unpaired) electrons. The summed E-state index contributed by atoms with van der Waals surface area (Å²) in [5.41, 5.74) is 11.8. The van der Waals surface area contributed by atoms with Crippen LogP contribution in [0.5, 0.6) is 0 Å². The average Bonchev–Trinajstić information content (AvgIpc) is 2.77. The Morgan fingerprint density at radius 3 is 2.94 bits per heavy atom. The lowest BCUT2D eigenvalue weighted by atomic mass is 9.74. The minimum atomic E-state index is 0.373. The highest BCUT2D eigenvalue weighted by Crippen LogP contribution is 2.43. The van der Waals surface area contributed by atoms with E-state index >= 15 is 0 Å². The Balaban J connectivity index is 2.01. The van der Waals surface area contributed by atoms with Gasteiger partial charge in [0.25, 0.3) is 0 Å². The number of aromatic nitrogens is 1. The molecule has 2 atom stereocenters. The fourth-order valence-electron chi connectivity index (χ4n) is 3.05. The fourth-order valence-corrected chi connectivity index (χ4v) is 3.05. The SMILES string of the molecule is Cc1ccc2c(c1)C(C)C(c1nocc1N)CC2. The molecule has 0 aliphatic heterocycles. The van der Waals surface area contributed by atoms with Gasteiger partial charge < -0.3 is 10.3 Å². The summed E-state index contributed by atoms with van der Waals surface area (Å²) in [6.45, 7) is 4.40. The first kappa shape index (κ1) is 11.3. The molecule has 0 fully saturated rings. The van der Waals surface area contributed by atoms with Gasteiger partial charge in [-0.1, -0.05) is 35.8 Å². The maximum atomic E-state index is 5.93. The lowest BCUT2D eigenvalue weighted by Crippen LogP contribution is -2.18. The van der Waals surface area contributed by atoms with E-state index in [1.54, 1.807) is 0 Å². The molecule has 0 saturated heterocycles. The van der Waals surface area contributed by atoms with Crippen LogP contribution in [0.25, 0.3) is 0 Å². The Bertz CT molecular complexity index is 574. The van der Waals surface area contributed by atoms with E-state index in [0.717, 1.165) is 18.5 Å². The Morgan fingerprint density at radius 2 is 2.22 bits per heavy atom. The van der Waals surface area contributed by atoms with Gasteiger partial charge in [0.05, 0.1) is 5.69 Å². The van der Waals surface area contributed by atoms with Crippen LogP contribution in [0.4, 0.5) is 5.69 Å². The highest BCUT2D eigenvalue weighted by Gasteiger charge is 2.30. The minimum Gasteiger partial charge on any atom is -0.395 e. The standard InChI is InChI=1S/C15H18N2O/c1-9-3-4-11-5-6-12(10(2)13(11)7-9)15-14(16)8-18-17-15/h3-4,7-8,10,12H,5-6,16H2,1-2H3. The molecular weight excluding hydrogens is 224 g/mol. The second-order valence-corrected chi connectivity index (χ2v) is 5.29. The molecule has 94 valence electrons. The normalized spacial score (nSPS) is 22.8. The van der Waals surface area contributed by atoms with Crippen molar-refractivity contribution in [2.45, 2.75) is 38.5 Å². The van der Waals surface area contributed by atoms with Crippen LogP contribution >= 0.6 is 0 Å². The predicted octanol–water partition coefficient (Wildman–Crippen LogP) is 3.40. The van der Waals surface area contributed by atoms with Gasteiger partial charge in [0, 0.05) is 5.92 Å². The van der Waals surface area contributed by atoms with E-state index in [1.807, 2.05) is 0 Å². The molecule has 0 spiro atoms. The van der Waals surface area contributed by atoms with Crippen LogP contribution in [-0.4, -0.2) is 5.16 Å². The van der Waals surface area contributed by atoms with Gasteiger partial charge in [0.1, 0.15) is 12.0 Å². The smallest absolute Gasteiger partial charge is 0.147 e. The number of benzene rings is 1. The van der Waals surface area contributed by atoms with E-state index in [9.17, 15) is 0 Å². The minimum absolute atomic E-state index is 0.373. The molecule has 2 aromatic rings. The summed E-state index contributed by atoms with van der Waals surface area (Å²) in [5.74, 6) is 0.819. The largest absolute Gasteiger partial charge is 0.395 e. The monoisotopic (exact) mass is 242 g/mol. The van der Waals surface area contributed by atoms with Crippen LogP contribution < -0.4 is 5.73 Å². The first-order chi connectivity index (χ1) is 8.66. The van der Waals surface area contributed by atoms with Gasteiger partial charge in [-0.05, 0) is 36.8 Å². The van der Waals surface area contributed by atoms with Gasteiger partial charge in [-0.25, -0.2) is 0 Å². The van der Waals surface area contributed by atoms with Gasteiger partial charge in [-0.15, -0.1) is 0 Å². The van der Waals surface area contributed by atoms with E-state index in [-0.39, 0.29) is 0 Å². The fraction of sp³-hybridized carbons (Fsp3) is 0.400. The van der Waals surface area contributed by atoms with Crippen molar-refractivity contribution in [3.05, 3.63) is 46.8 Å². The summed E-state index contributed by atoms with van der Waals surface area (Å²) in [6, 6.07) is 6.74. The van der Waals surface area contributed by atoms with E-state index in [1.165, 1.54) is 23.0 Å². The predicted molar refractivity (Wildman–Crippen MR) is 71.6 cm³/mol. The highest BCUT2D eigenvalue weighted by molar-refractivity contribution is 5.45. The first-order valence-corrected chi connectivity index (χ1v) is 6.46. The second-order valence-electron chi connectivity index (χ2n) is 5.29. The molecular formula is C15H18N2O. The Labute approximate surface area is 107 Å². The molecule has 3 rings (SSSR count). The van der Waals surface area contributed by atoms with Crippen molar-refractivity contribution < 1.29 is 4.52 Å². The molecule has 0 amide bonds. The summed E-state index contributed by atoms with van der Waals surface area (Å²) in [7, 11) is 0. The Morgan fingerprint density at radius 1 is 1.39 bits per heavy atom. The number of nitrogen functional groups attached to an aromatic ring is 1. The quantitative estimate of drug-likeness (QED) is 0.833. The van der Waals surface area contributed by atoms with Crippen LogP contribution in [0.3, 0.4) is 0 Å². The third kappa shape index (κ3) is 1.70. The number of fused-ring (bicyclic) bond motifs is 1. The number of hydrogen-bond acceptors (Lipinski definition) is 3. The van der Waals surface area contributed by atoms with Gasteiger partial charge >= 0.3 is 0 Å². The molecule has 1 heterocycles. The maximum Gasteiger partial charge on any atom is 0.147 e. The zero-order valence-electron chi connectivity index (χ0n) is 10.8. The Hall–Kier alpha value is -1.77. The third-order valence-electron chi connectivity index (χ3n) is 4.10. The summed E-state index contributed by atoms with van der Waals surface area (Å²) in [4.78, 5) is 0. The van der Waals surface area contributed by atoms with Gasteiger partial charge in [0.15, 0.2) is 0 Å². The number of aryl methyl sites for hydroxylation is 2. The van der Waals surface area contributed by atoms with E-state index in [2.05, 4.69) is 37.2 Å². The van der Waals surface area contributed by atoms with E-state index in [0.29, 0.717) is 17.5 Å². The van der Waals surface area contributed by atoms with E-state index < -0.39 is 0 Å². The average molecular weight is 242 g/mol. The molecule has 18 heavy (non-hydrogen) atoms. The topological polar surface area (TPSA) is 52.0 Å². The third-order valence-corrected chi connectivity index (χ3v) is 4.10. The molecule has 1 aromatic carbocycles. The molecule has 2 N–H and O–H groups in total. The summed E-state index contributed by atoms with van der Waals surface area (Å²) in [5, 5.41) is 4.09. The molecule has 0 saturated carbocycles. The van der Waals surface area contributed by atoms with Crippen molar-refractivity contribution in [1.82, 2.24) is 5.16 Å². The van der Waals surface area contributed by atoms with Crippen molar-refractivity contribution in [2.75, 3.05) is 5.73 Å². The number of anilines is 1. The van der Waals surface area contributed by atoms with Crippen molar-refractivity contribution in [3.63, 3.8) is 0 Å². The molecule has 0 bridgehead atoms.